The van der Waals surface area contributed by atoms with Crippen LogP contribution in [0.4, 0.5) is 5.69 Å². The predicted molar refractivity (Wildman–Crippen MR) is 92.0 cm³/mol. The summed E-state index contributed by atoms with van der Waals surface area (Å²) in [6.45, 7) is 0. The summed E-state index contributed by atoms with van der Waals surface area (Å²) < 4.78 is 0.971. The highest BCUT2D eigenvalue weighted by Crippen LogP contribution is 2.29. The van der Waals surface area contributed by atoms with Crippen molar-refractivity contribution in [1.82, 2.24) is 4.98 Å². The van der Waals surface area contributed by atoms with Crippen LogP contribution in [0.1, 0.15) is 15.9 Å². The molecule has 3 rings (SSSR count). The van der Waals surface area contributed by atoms with Crippen LogP contribution in [0, 0.1) is 0 Å². The average molecular weight is 347 g/mol. The molecular formula is C16H11ClN2OS2. The maximum Gasteiger partial charge on any atom is 0.195 e. The van der Waals surface area contributed by atoms with Gasteiger partial charge in [-0.3, -0.25) is 4.79 Å². The lowest BCUT2D eigenvalue weighted by molar-refractivity contribution is 0.103. The van der Waals surface area contributed by atoms with Crippen molar-refractivity contribution in [2.24, 2.45) is 0 Å². The molecule has 0 saturated heterocycles. The van der Waals surface area contributed by atoms with Gasteiger partial charge in [0.05, 0.1) is 0 Å². The molecule has 0 fully saturated rings. The van der Waals surface area contributed by atoms with Crippen molar-refractivity contribution in [2.75, 3.05) is 5.73 Å². The minimum atomic E-state index is -0.134. The molecule has 3 nitrogen and oxygen atoms in total. The zero-order valence-electron chi connectivity index (χ0n) is 11.3. The van der Waals surface area contributed by atoms with E-state index in [0.717, 1.165) is 9.24 Å². The van der Waals surface area contributed by atoms with Gasteiger partial charge in [0.2, 0.25) is 0 Å². The van der Waals surface area contributed by atoms with Crippen LogP contribution in [0.3, 0.4) is 0 Å². The zero-order valence-corrected chi connectivity index (χ0v) is 13.7. The molecule has 1 heterocycles. The largest absolute Gasteiger partial charge is 0.398 e. The quantitative estimate of drug-likeness (QED) is 0.546. The molecule has 0 spiro atoms. The fourth-order valence-electron chi connectivity index (χ4n) is 1.92. The van der Waals surface area contributed by atoms with Gasteiger partial charge in [0, 0.05) is 38.3 Å². The van der Waals surface area contributed by atoms with Crippen LogP contribution < -0.4 is 5.73 Å². The smallest absolute Gasteiger partial charge is 0.195 e. The minimum absolute atomic E-state index is 0.134. The monoisotopic (exact) mass is 346 g/mol. The molecule has 22 heavy (non-hydrogen) atoms. The van der Waals surface area contributed by atoms with E-state index in [1.165, 1.54) is 0 Å². The first kappa shape index (κ1) is 15.1. The van der Waals surface area contributed by atoms with E-state index in [1.54, 1.807) is 59.6 Å². The molecule has 0 amide bonds. The van der Waals surface area contributed by atoms with Gasteiger partial charge in [0.1, 0.15) is 0 Å². The summed E-state index contributed by atoms with van der Waals surface area (Å²) in [5.41, 5.74) is 7.29. The van der Waals surface area contributed by atoms with Gasteiger partial charge in [0.15, 0.2) is 10.1 Å². The number of nitrogens with two attached hydrogens (primary N) is 1. The molecule has 0 aliphatic carbocycles. The second-order valence-electron chi connectivity index (χ2n) is 4.49. The van der Waals surface area contributed by atoms with E-state index < -0.39 is 0 Å². The molecule has 0 aliphatic heterocycles. The van der Waals surface area contributed by atoms with Gasteiger partial charge in [-0.05, 0) is 42.5 Å². The Morgan fingerprint density at radius 3 is 2.64 bits per heavy atom. The molecule has 3 aromatic rings. The fourth-order valence-corrected chi connectivity index (χ4v) is 3.68. The number of hydrogen-bond acceptors (Lipinski definition) is 5. The molecular weight excluding hydrogens is 336 g/mol. The lowest BCUT2D eigenvalue weighted by atomic mass is 10.0. The molecule has 0 aliphatic rings. The first-order chi connectivity index (χ1) is 10.6. The summed E-state index contributed by atoms with van der Waals surface area (Å²) >= 11 is 9.08. The van der Waals surface area contributed by atoms with Crippen molar-refractivity contribution in [3.63, 3.8) is 0 Å². The number of benzene rings is 2. The Hall–Kier alpha value is -1.82. The standard InChI is InChI=1S/C16H11ClN2OS2/c17-11-3-6-14(18)13(9-11)15(20)10-1-4-12(5-2-10)22-16-19-7-8-21-16/h1-9H,18H2. The number of ketones is 1. The highest BCUT2D eigenvalue weighted by Gasteiger charge is 2.13. The van der Waals surface area contributed by atoms with Gasteiger partial charge in [-0.15, -0.1) is 11.3 Å². The molecule has 0 unspecified atom stereocenters. The van der Waals surface area contributed by atoms with E-state index >= 15 is 0 Å². The minimum Gasteiger partial charge on any atom is -0.398 e. The normalized spacial score (nSPS) is 10.6. The first-order valence-corrected chi connectivity index (χ1v) is 8.48. The number of carbonyl (C=O) groups excluding carboxylic acids is 1. The second kappa shape index (κ2) is 6.52. The number of aromatic nitrogens is 1. The Bertz CT molecular complexity index is 802. The number of nitrogens with zero attached hydrogens (tertiary/aromatic N) is 1. The molecule has 0 atom stereocenters. The van der Waals surface area contributed by atoms with E-state index in [1.807, 2.05) is 17.5 Å². The molecule has 2 aromatic carbocycles. The Kier molecular flexibility index (Phi) is 4.47. The maximum absolute atomic E-state index is 12.5. The lowest BCUT2D eigenvalue weighted by Crippen LogP contribution is -2.05. The number of nitrogen functional groups attached to an aromatic ring is 1. The number of carbonyl (C=O) groups is 1. The van der Waals surface area contributed by atoms with Gasteiger partial charge in [-0.2, -0.15) is 0 Å². The topological polar surface area (TPSA) is 56.0 Å². The number of anilines is 1. The fraction of sp³-hybridized carbons (Fsp3) is 0. The van der Waals surface area contributed by atoms with Crippen LogP contribution in [0.5, 0.6) is 0 Å². The van der Waals surface area contributed by atoms with Gasteiger partial charge >= 0.3 is 0 Å². The SMILES string of the molecule is Nc1ccc(Cl)cc1C(=O)c1ccc(Sc2nccs2)cc1. The summed E-state index contributed by atoms with van der Waals surface area (Å²) in [4.78, 5) is 17.7. The predicted octanol–water partition coefficient (Wildman–Crippen LogP) is 4.76. The Labute approximate surface area is 141 Å². The summed E-state index contributed by atoms with van der Waals surface area (Å²) in [5, 5.41) is 2.43. The lowest BCUT2D eigenvalue weighted by Gasteiger charge is -2.06. The highest BCUT2D eigenvalue weighted by molar-refractivity contribution is 8.01. The summed E-state index contributed by atoms with van der Waals surface area (Å²) in [5.74, 6) is -0.134. The van der Waals surface area contributed by atoms with Crippen molar-refractivity contribution < 1.29 is 4.79 Å². The summed E-state index contributed by atoms with van der Waals surface area (Å²) in [6, 6.07) is 12.3. The number of halogens is 1. The van der Waals surface area contributed by atoms with Crippen molar-refractivity contribution >= 4 is 46.2 Å². The van der Waals surface area contributed by atoms with E-state index in [2.05, 4.69) is 4.98 Å². The van der Waals surface area contributed by atoms with Crippen molar-refractivity contribution in [3.8, 4) is 0 Å². The average Bonchev–Trinajstić information content (AvgIpc) is 3.03. The summed E-state index contributed by atoms with van der Waals surface area (Å²) in [7, 11) is 0. The van der Waals surface area contributed by atoms with Crippen LogP contribution in [0.2, 0.25) is 5.02 Å². The van der Waals surface area contributed by atoms with Gasteiger partial charge in [0.25, 0.3) is 0 Å². The Morgan fingerprint density at radius 1 is 1.18 bits per heavy atom. The van der Waals surface area contributed by atoms with Crippen molar-refractivity contribution in [1.29, 1.82) is 0 Å². The van der Waals surface area contributed by atoms with Crippen LogP contribution in [-0.2, 0) is 0 Å². The van der Waals surface area contributed by atoms with E-state index in [4.69, 9.17) is 17.3 Å². The van der Waals surface area contributed by atoms with Crippen LogP contribution in [-0.4, -0.2) is 10.8 Å². The highest BCUT2D eigenvalue weighted by atomic mass is 35.5. The van der Waals surface area contributed by atoms with E-state index in [9.17, 15) is 4.79 Å². The molecule has 0 bridgehead atoms. The van der Waals surface area contributed by atoms with Crippen molar-refractivity contribution in [2.45, 2.75) is 9.24 Å². The number of rotatable bonds is 4. The molecule has 1 aromatic heterocycles. The van der Waals surface area contributed by atoms with Crippen LogP contribution in [0.25, 0.3) is 0 Å². The molecule has 0 radical (unpaired) electrons. The van der Waals surface area contributed by atoms with E-state index in [-0.39, 0.29) is 5.78 Å². The molecule has 2 N–H and O–H groups in total. The summed E-state index contributed by atoms with van der Waals surface area (Å²) in [6.07, 6.45) is 1.77. The van der Waals surface area contributed by atoms with Gasteiger partial charge < -0.3 is 5.73 Å². The number of hydrogen-bond donors (Lipinski definition) is 1. The van der Waals surface area contributed by atoms with E-state index in [0.29, 0.717) is 21.8 Å². The Balaban J connectivity index is 1.83. The molecule has 110 valence electrons. The third-order valence-corrected chi connectivity index (χ3v) is 5.12. The third kappa shape index (κ3) is 3.32. The maximum atomic E-state index is 12.5. The number of thiazole rings is 1. The zero-order chi connectivity index (χ0) is 15.5. The third-order valence-electron chi connectivity index (χ3n) is 2.99. The van der Waals surface area contributed by atoms with Crippen molar-refractivity contribution in [3.05, 3.63) is 70.2 Å². The first-order valence-electron chi connectivity index (χ1n) is 6.40. The van der Waals surface area contributed by atoms with Gasteiger partial charge in [-0.25, -0.2) is 4.98 Å². The Morgan fingerprint density at radius 2 is 1.95 bits per heavy atom. The van der Waals surface area contributed by atoms with Gasteiger partial charge in [-0.1, -0.05) is 23.4 Å². The second-order valence-corrected chi connectivity index (χ2v) is 7.14. The molecule has 0 saturated carbocycles. The van der Waals surface area contributed by atoms with Crippen LogP contribution >= 0.6 is 34.7 Å². The van der Waals surface area contributed by atoms with Crippen LogP contribution in [0.15, 0.2) is 63.3 Å². The molecule has 6 heteroatoms.